The second-order valence-corrected chi connectivity index (χ2v) is 8.70. The monoisotopic (exact) mass is 455 g/mol. The second kappa shape index (κ2) is 10.5. The zero-order valence-corrected chi connectivity index (χ0v) is 18.9. The predicted octanol–water partition coefficient (Wildman–Crippen LogP) is 2.56. The van der Waals surface area contributed by atoms with Gasteiger partial charge in [-0.2, -0.15) is 0 Å². The van der Waals surface area contributed by atoms with E-state index in [4.69, 9.17) is 0 Å². The minimum Gasteiger partial charge on any atom is -0.361 e. The molecule has 1 saturated heterocycles. The maximum atomic E-state index is 13.1. The van der Waals surface area contributed by atoms with Crippen molar-refractivity contribution in [2.24, 2.45) is 0 Å². The lowest BCUT2D eigenvalue weighted by atomic mass is 10.1. The molecule has 9 nitrogen and oxygen atoms in total. The molecule has 0 saturated carbocycles. The number of para-hydroxylation sites is 1. The highest BCUT2D eigenvalue weighted by Gasteiger charge is 2.23. The molecule has 3 heterocycles. The molecule has 3 amide bonds. The highest BCUT2D eigenvalue weighted by molar-refractivity contribution is 7.17. The molecule has 1 aliphatic rings. The van der Waals surface area contributed by atoms with Crippen LogP contribution in [0.15, 0.2) is 36.7 Å². The maximum absolute atomic E-state index is 13.1. The van der Waals surface area contributed by atoms with Crippen molar-refractivity contribution in [3.63, 3.8) is 0 Å². The van der Waals surface area contributed by atoms with Gasteiger partial charge in [0.1, 0.15) is 11.0 Å². The summed E-state index contributed by atoms with van der Waals surface area (Å²) >= 11 is 1.36. The van der Waals surface area contributed by atoms with Gasteiger partial charge in [-0.25, -0.2) is 9.78 Å². The third-order valence-electron chi connectivity index (χ3n) is 5.40. The van der Waals surface area contributed by atoms with Crippen LogP contribution in [0.2, 0.25) is 0 Å². The fourth-order valence-electron chi connectivity index (χ4n) is 3.66. The van der Waals surface area contributed by atoms with E-state index in [-0.39, 0.29) is 11.9 Å². The van der Waals surface area contributed by atoms with Gasteiger partial charge in [0.2, 0.25) is 0 Å². The molecule has 0 bridgehead atoms. The largest absolute Gasteiger partial charge is 0.361 e. The van der Waals surface area contributed by atoms with Crippen molar-refractivity contribution in [1.29, 1.82) is 0 Å². The van der Waals surface area contributed by atoms with E-state index in [0.29, 0.717) is 11.4 Å². The summed E-state index contributed by atoms with van der Waals surface area (Å²) in [6, 6.07) is 7.48. The Kier molecular flexibility index (Phi) is 7.23. The number of hydrogen-bond acceptors (Lipinski definition) is 6. The van der Waals surface area contributed by atoms with Crippen molar-refractivity contribution in [1.82, 2.24) is 31.2 Å². The molecule has 1 unspecified atom stereocenters. The Morgan fingerprint density at radius 3 is 2.84 bits per heavy atom. The van der Waals surface area contributed by atoms with E-state index in [2.05, 4.69) is 43.1 Å². The number of amides is 3. The van der Waals surface area contributed by atoms with Crippen LogP contribution < -0.4 is 26.2 Å². The molecule has 4 rings (SSSR count). The second-order valence-electron chi connectivity index (χ2n) is 7.69. The summed E-state index contributed by atoms with van der Waals surface area (Å²) in [5.41, 5.74) is 1.74. The minimum atomic E-state index is -0.690. The lowest BCUT2D eigenvalue weighted by molar-refractivity contribution is 0.0936. The molecule has 1 atom stereocenters. The van der Waals surface area contributed by atoms with E-state index in [9.17, 15) is 9.59 Å². The van der Waals surface area contributed by atoms with Gasteiger partial charge < -0.3 is 31.2 Å². The van der Waals surface area contributed by atoms with Gasteiger partial charge in [0.25, 0.3) is 5.91 Å². The summed E-state index contributed by atoms with van der Waals surface area (Å²) < 4.78 is 0. The first-order valence-corrected chi connectivity index (χ1v) is 11.8. The Bertz CT molecular complexity index is 1060. The van der Waals surface area contributed by atoms with Crippen LogP contribution in [0.3, 0.4) is 0 Å². The Morgan fingerprint density at radius 1 is 1.22 bits per heavy atom. The van der Waals surface area contributed by atoms with Crippen LogP contribution in [-0.4, -0.2) is 54.6 Å². The first kappa shape index (κ1) is 22.1. The van der Waals surface area contributed by atoms with Crippen molar-refractivity contribution in [3.8, 4) is 0 Å². The van der Waals surface area contributed by atoms with Crippen molar-refractivity contribution in [3.05, 3.63) is 47.1 Å². The van der Waals surface area contributed by atoms with Gasteiger partial charge in [-0.05, 0) is 12.5 Å². The number of H-pyrrole nitrogens is 1. The van der Waals surface area contributed by atoms with Gasteiger partial charge >= 0.3 is 6.03 Å². The topological polar surface area (TPSA) is 114 Å². The number of piperazine rings is 1. The molecule has 3 aromatic rings. The fourth-order valence-corrected chi connectivity index (χ4v) is 4.53. The van der Waals surface area contributed by atoms with E-state index in [0.717, 1.165) is 60.6 Å². The Morgan fingerprint density at radius 2 is 2.03 bits per heavy atom. The smallest absolute Gasteiger partial charge is 0.316 e. The molecule has 1 fully saturated rings. The first-order valence-electron chi connectivity index (χ1n) is 11.0. The van der Waals surface area contributed by atoms with Crippen LogP contribution in [0.5, 0.6) is 0 Å². The summed E-state index contributed by atoms with van der Waals surface area (Å²) in [4.78, 5) is 35.9. The molecule has 2 aromatic heterocycles. The van der Waals surface area contributed by atoms with Crippen LogP contribution in [-0.2, 0) is 0 Å². The van der Waals surface area contributed by atoms with Crippen molar-refractivity contribution >= 4 is 39.3 Å². The normalized spacial score (nSPS) is 14.8. The lowest BCUT2D eigenvalue weighted by Gasteiger charge is -2.26. The third kappa shape index (κ3) is 5.20. The number of fused-ring (bicyclic) bond motifs is 1. The number of rotatable bonds is 8. The Labute approximate surface area is 191 Å². The number of unbranched alkanes of at least 4 members (excludes halogenated alkanes) is 1. The molecule has 1 aliphatic heterocycles. The lowest BCUT2D eigenvalue weighted by Crippen LogP contribution is -2.45. The van der Waals surface area contributed by atoms with Gasteiger partial charge in [0.05, 0.1) is 6.20 Å². The number of hydrogen-bond donors (Lipinski definition) is 5. The van der Waals surface area contributed by atoms with Crippen LogP contribution in [0.25, 0.3) is 10.9 Å². The van der Waals surface area contributed by atoms with Gasteiger partial charge in [-0.15, -0.1) is 0 Å². The quantitative estimate of drug-likeness (QED) is 0.265. The number of benzene rings is 1. The molecule has 0 spiro atoms. The number of nitrogens with one attached hydrogen (secondary N) is 5. The summed E-state index contributed by atoms with van der Waals surface area (Å²) in [5, 5.41) is 13.8. The SMILES string of the molecule is CCCCNC(=O)NC(NC(=O)c1cnc(N2CCNCC2)s1)c1c[nH]c2ccccc12. The standard InChI is InChI=1S/C22H29N7O2S/c1-2-3-8-24-21(31)28-19(16-13-25-17-7-5-4-6-15(16)17)27-20(30)18-14-26-22(32-18)29-11-9-23-10-12-29/h4-7,13-14,19,23,25H,2-3,8-12H2,1H3,(H,27,30)(H2,24,28,31). The average molecular weight is 456 g/mol. The minimum absolute atomic E-state index is 0.270. The van der Waals surface area contributed by atoms with Crippen LogP contribution in [0.1, 0.15) is 41.2 Å². The maximum Gasteiger partial charge on any atom is 0.316 e. The summed E-state index contributed by atoms with van der Waals surface area (Å²) in [7, 11) is 0. The highest BCUT2D eigenvalue weighted by Crippen LogP contribution is 2.25. The van der Waals surface area contributed by atoms with E-state index in [1.54, 1.807) is 6.20 Å². The summed E-state index contributed by atoms with van der Waals surface area (Å²) in [5.74, 6) is -0.270. The number of nitrogens with zero attached hydrogens (tertiary/aromatic N) is 2. The summed E-state index contributed by atoms with van der Waals surface area (Å²) in [6.45, 7) is 6.19. The number of carbonyl (C=O) groups excluding carboxylic acids is 2. The molecule has 1 aromatic carbocycles. The number of carbonyl (C=O) groups is 2. The summed E-state index contributed by atoms with van der Waals surface area (Å²) in [6.07, 6.45) is 4.62. The Hall–Kier alpha value is -3.11. The molecule has 5 N–H and O–H groups in total. The van der Waals surface area contributed by atoms with Gasteiger partial charge in [-0.1, -0.05) is 42.9 Å². The van der Waals surface area contributed by atoms with E-state index in [1.807, 2.05) is 30.5 Å². The molecule has 0 radical (unpaired) electrons. The van der Waals surface area contributed by atoms with E-state index < -0.39 is 6.17 Å². The third-order valence-corrected chi connectivity index (χ3v) is 6.46. The molecular formula is C22H29N7O2S. The highest BCUT2D eigenvalue weighted by atomic mass is 32.1. The number of aromatic nitrogens is 2. The van der Waals surface area contributed by atoms with Gasteiger partial charge in [-0.3, -0.25) is 4.79 Å². The predicted molar refractivity (Wildman–Crippen MR) is 127 cm³/mol. The zero-order chi connectivity index (χ0) is 22.3. The van der Waals surface area contributed by atoms with E-state index in [1.165, 1.54) is 11.3 Å². The zero-order valence-electron chi connectivity index (χ0n) is 18.1. The number of aromatic amines is 1. The molecular weight excluding hydrogens is 426 g/mol. The van der Waals surface area contributed by atoms with Crippen molar-refractivity contribution in [2.45, 2.75) is 25.9 Å². The molecule has 0 aliphatic carbocycles. The Balaban J connectivity index is 1.51. The van der Waals surface area contributed by atoms with Crippen molar-refractivity contribution < 1.29 is 9.59 Å². The van der Waals surface area contributed by atoms with Crippen LogP contribution in [0.4, 0.5) is 9.93 Å². The van der Waals surface area contributed by atoms with Crippen LogP contribution >= 0.6 is 11.3 Å². The van der Waals surface area contributed by atoms with Crippen LogP contribution in [0, 0.1) is 0 Å². The average Bonchev–Trinajstić information content (AvgIpc) is 3.47. The fraction of sp³-hybridized carbons (Fsp3) is 0.409. The number of thiazole rings is 1. The molecule has 32 heavy (non-hydrogen) atoms. The number of urea groups is 1. The van der Waals surface area contributed by atoms with Gasteiger partial charge in [0.15, 0.2) is 5.13 Å². The first-order chi connectivity index (χ1) is 15.7. The van der Waals surface area contributed by atoms with Crippen molar-refractivity contribution in [2.75, 3.05) is 37.6 Å². The van der Waals surface area contributed by atoms with Gasteiger partial charge in [0, 0.05) is 55.4 Å². The molecule has 170 valence electrons. The van der Waals surface area contributed by atoms with E-state index >= 15 is 0 Å². The molecule has 10 heteroatoms. The number of anilines is 1.